The Balaban J connectivity index is 4.28. The van der Waals surface area contributed by atoms with Crippen LogP contribution < -0.4 is 0 Å². The second-order valence-electron chi connectivity index (χ2n) is 25.6. The van der Waals surface area contributed by atoms with Crippen LogP contribution in [0.15, 0.2) is 24.3 Å². The van der Waals surface area contributed by atoms with E-state index in [0.29, 0.717) is 19.3 Å². The van der Waals surface area contributed by atoms with Crippen LogP contribution in [0.5, 0.6) is 0 Å². The lowest BCUT2D eigenvalue weighted by atomic mass is 10.0. The number of unbranched alkanes of at least 4 members (excludes halogenated alkanes) is 55. The summed E-state index contributed by atoms with van der Waals surface area (Å²) in [6, 6.07) is 0. The van der Waals surface area contributed by atoms with Crippen LogP contribution in [0.4, 0.5) is 0 Å². The Labute approximate surface area is 513 Å². The Morgan fingerprint density at radius 3 is 0.695 bits per heavy atom. The maximum Gasteiger partial charge on any atom is 0.306 e. The average molecular weight is 1150 g/mol. The minimum atomic E-state index is -0.771. The summed E-state index contributed by atoms with van der Waals surface area (Å²) in [5.74, 6) is -0.832. The molecule has 0 saturated heterocycles. The van der Waals surface area contributed by atoms with Crippen molar-refractivity contribution in [2.75, 3.05) is 13.2 Å². The highest BCUT2D eigenvalue weighted by Crippen LogP contribution is 2.19. The molecule has 0 heterocycles. The highest BCUT2D eigenvalue weighted by Gasteiger charge is 2.20. The van der Waals surface area contributed by atoms with Crippen LogP contribution in [-0.4, -0.2) is 37.2 Å². The normalized spacial score (nSPS) is 12.1. The highest BCUT2D eigenvalue weighted by atomic mass is 16.6. The largest absolute Gasteiger partial charge is 0.462 e. The average Bonchev–Trinajstić information content (AvgIpc) is 3.47. The second-order valence-corrected chi connectivity index (χ2v) is 25.6. The molecule has 0 aromatic rings. The van der Waals surface area contributed by atoms with Crippen molar-refractivity contribution in [3.05, 3.63) is 24.3 Å². The Hall–Kier alpha value is -2.11. The first-order valence-electron chi connectivity index (χ1n) is 37.3. The molecule has 82 heavy (non-hydrogen) atoms. The molecule has 6 nitrogen and oxygen atoms in total. The summed E-state index contributed by atoms with van der Waals surface area (Å²) in [4.78, 5) is 38.6. The molecule has 0 aromatic heterocycles. The van der Waals surface area contributed by atoms with Crippen LogP contribution in [0.3, 0.4) is 0 Å². The lowest BCUT2D eigenvalue weighted by Gasteiger charge is -2.18. The Morgan fingerprint density at radius 2 is 0.439 bits per heavy atom. The first-order valence-corrected chi connectivity index (χ1v) is 37.3. The van der Waals surface area contributed by atoms with E-state index in [1.165, 1.54) is 321 Å². The third kappa shape index (κ3) is 68.7. The van der Waals surface area contributed by atoms with E-state index in [1.54, 1.807) is 0 Å². The molecule has 0 bridgehead atoms. The molecule has 0 aliphatic carbocycles. The highest BCUT2D eigenvalue weighted by molar-refractivity contribution is 5.71. The van der Waals surface area contributed by atoms with E-state index in [0.717, 1.165) is 64.2 Å². The zero-order valence-corrected chi connectivity index (χ0v) is 55.8. The van der Waals surface area contributed by atoms with Crippen LogP contribution in [0.1, 0.15) is 425 Å². The van der Waals surface area contributed by atoms with Gasteiger partial charge in [-0.2, -0.15) is 0 Å². The molecule has 0 radical (unpaired) electrons. The lowest BCUT2D eigenvalue weighted by Crippen LogP contribution is -2.30. The van der Waals surface area contributed by atoms with Crippen molar-refractivity contribution in [3.63, 3.8) is 0 Å². The summed E-state index contributed by atoms with van der Waals surface area (Å²) < 4.78 is 17.1. The van der Waals surface area contributed by atoms with Gasteiger partial charge in [0.1, 0.15) is 13.2 Å². The molecule has 0 aromatic carbocycles. The van der Waals surface area contributed by atoms with Gasteiger partial charge in [-0.15, -0.1) is 0 Å². The molecule has 0 N–H and O–H groups in total. The first kappa shape index (κ1) is 79.9. The van der Waals surface area contributed by atoms with E-state index in [9.17, 15) is 14.4 Å². The minimum absolute atomic E-state index is 0.0654. The van der Waals surface area contributed by atoms with Crippen molar-refractivity contribution in [2.45, 2.75) is 431 Å². The SMILES string of the molecule is CCCCC/C=C\C/C=C\CCCCCCCCCCCC(=O)OCC(COC(=O)CCCCCCCCCCCCCCCCCCCCCCCCCC)OC(=O)CCCCCCCCCCCCCCCCCCCCCCC. The van der Waals surface area contributed by atoms with Gasteiger partial charge in [0.15, 0.2) is 6.10 Å². The maximum atomic E-state index is 13.0. The molecule has 0 saturated carbocycles. The minimum Gasteiger partial charge on any atom is -0.462 e. The molecular weight excluding hydrogens is 1010 g/mol. The monoisotopic (exact) mass is 1150 g/mol. The van der Waals surface area contributed by atoms with Crippen LogP contribution >= 0.6 is 0 Å². The van der Waals surface area contributed by atoms with E-state index in [-0.39, 0.29) is 31.1 Å². The van der Waals surface area contributed by atoms with Gasteiger partial charge in [-0.05, 0) is 51.4 Å². The fourth-order valence-corrected chi connectivity index (χ4v) is 11.6. The molecule has 484 valence electrons. The molecular formula is C76H144O6. The maximum absolute atomic E-state index is 13.0. The van der Waals surface area contributed by atoms with Crippen molar-refractivity contribution in [1.29, 1.82) is 0 Å². The van der Waals surface area contributed by atoms with Gasteiger partial charge in [-0.25, -0.2) is 0 Å². The third-order valence-electron chi connectivity index (χ3n) is 17.2. The molecule has 0 spiro atoms. The molecule has 6 heteroatoms. The second kappa shape index (κ2) is 71.4. The van der Waals surface area contributed by atoms with Crippen molar-refractivity contribution in [2.24, 2.45) is 0 Å². The van der Waals surface area contributed by atoms with Gasteiger partial charge in [-0.1, -0.05) is 379 Å². The van der Waals surface area contributed by atoms with Gasteiger partial charge >= 0.3 is 17.9 Å². The Morgan fingerprint density at radius 1 is 0.244 bits per heavy atom. The van der Waals surface area contributed by atoms with Crippen LogP contribution in [0.2, 0.25) is 0 Å². The number of rotatable bonds is 70. The zero-order chi connectivity index (χ0) is 59.2. The number of esters is 3. The number of carbonyl (C=O) groups excluding carboxylic acids is 3. The van der Waals surface area contributed by atoms with Crippen LogP contribution in [0, 0.1) is 0 Å². The quantitative estimate of drug-likeness (QED) is 0.0261. The third-order valence-corrected chi connectivity index (χ3v) is 17.2. The number of carbonyl (C=O) groups is 3. The van der Waals surface area contributed by atoms with Gasteiger partial charge < -0.3 is 14.2 Å². The summed E-state index contributed by atoms with van der Waals surface area (Å²) >= 11 is 0. The van der Waals surface area contributed by atoms with Gasteiger partial charge in [0.2, 0.25) is 0 Å². The van der Waals surface area contributed by atoms with E-state index < -0.39 is 6.10 Å². The zero-order valence-electron chi connectivity index (χ0n) is 55.8. The van der Waals surface area contributed by atoms with Gasteiger partial charge in [0.25, 0.3) is 0 Å². The molecule has 0 rings (SSSR count). The van der Waals surface area contributed by atoms with Crippen molar-refractivity contribution in [1.82, 2.24) is 0 Å². The number of hydrogen-bond acceptors (Lipinski definition) is 6. The predicted molar refractivity (Wildman–Crippen MR) is 358 cm³/mol. The fourth-order valence-electron chi connectivity index (χ4n) is 11.6. The molecule has 0 aliphatic heterocycles. The Kier molecular flexibility index (Phi) is 69.5. The van der Waals surface area contributed by atoms with Crippen LogP contribution in [0.25, 0.3) is 0 Å². The summed E-state index contributed by atoms with van der Waals surface area (Å²) in [6.07, 6.45) is 87.8. The standard InChI is InChI=1S/C76H144O6/c1-4-7-10-13-16-19-22-25-28-31-34-36-37-38-40-42-45-48-51-54-57-60-63-66-69-75(78)81-72-73(71-80-74(77)68-65-62-59-56-53-50-47-44-41-33-30-27-24-21-18-15-12-9-6-3)82-76(79)70-67-64-61-58-55-52-49-46-43-39-35-32-29-26-23-20-17-14-11-8-5-2/h18,21,27,30,73H,4-17,19-20,22-26,28-29,31-72H2,1-3H3/b21-18-,30-27-. The topological polar surface area (TPSA) is 78.9 Å². The Bertz CT molecular complexity index is 1320. The molecule has 1 unspecified atom stereocenters. The smallest absolute Gasteiger partial charge is 0.306 e. The van der Waals surface area contributed by atoms with Crippen molar-refractivity contribution >= 4 is 17.9 Å². The van der Waals surface area contributed by atoms with Crippen molar-refractivity contribution < 1.29 is 28.6 Å². The fraction of sp³-hybridized carbons (Fsp3) is 0.908. The van der Waals surface area contributed by atoms with Gasteiger partial charge in [0, 0.05) is 19.3 Å². The summed E-state index contributed by atoms with van der Waals surface area (Å²) in [5.41, 5.74) is 0. The van der Waals surface area contributed by atoms with Gasteiger partial charge in [0.05, 0.1) is 0 Å². The summed E-state index contributed by atoms with van der Waals surface area (Å²) in [6.45, 7) is 6.71. The molecule has 1 atom stereocenters. The predicted octanol–water partition coefficient (Wildman–Crippen LogP) is 25.7. The van der Waals surface area contributed by atoms with Crippen LogP contribution in [-0.2, 0) is 28.6 Å². The van der Waals surface area contributed by atoms with E-state index >= 15 is 0 Å². The molecule has 0 amide bonds. The first-order chi connectivity index (χ1) is 40.5. The lowest BCUT2D eigenvalue weighted by molar-refractivity contribution is -0.167. The van der Waals surface area contributed by atoms with Gasteiger partial charge in [-0.3, -0.25) is 14.4 Å². The molecule has 0 fully saturated rings. The summed E-state index contributed by atoms with van der Waals surface area (Å²) in [5, 5.41) is 0. The molecule has 0 aliphatic rings. The number of hydrogen-bond donors (Lipinski definition) is 0. The van der Waals surface area contributed by atoms with E-state index in [2.05, 4.69) is 45.1 Å². The number of allylic oxidation sites excluding steroid dienone is 4. The van der Waals surface area contributed by atoms with Crippen molar-refractivity contribution in [3.8, 4) is 0 Å². The van der Waals surface area contributed by atoms with E-state index in [4.69, 9.17) is 14.2 Å². The summed E-state index contributed by atoms with van der Waals surface area (Å²) in [7, 11) is 0. The van der Waals surface area contributed by atoms with E-state index in [1.807, 2.05) is 0 Å². The number of ether oxygens (including phenoxy) is 3.